The second-order valence-corrected chi connectivity index (χ2v) is 6.45. The number of rotatable bonds is 5. The summed E-state index contributed by atoms with van der Waals surface area (Å²) >= 11 is 1.44. The van der Waals surface area contributed by atoms with E-state index in [0.29, 0.717) is 5.75 Å². The number of thioether (sulfide) groups is 1. The van der Waals surface area contributed by atoms with Gasteiger partial charge in [0.05, 0.1) is 11.8 Å². The number of benzene rings is 2. The van der Waals surface area contributed by atoms with Crippen molar-refractivity contribution in [3.63, 3.8) is 0 Å². The van der Waals surface area contributed by atoms with Crippen molar-refractivity contribution in [3.8, 4) is 0 Å². The molecule has 118 valence electrons. The summed E-state index contributed by atoms with van der Waals surface area (Å²) in [5.41, 5.74) is 1.11. The third-order valence-corrected chi connectivity index (χ3v) is 4.82. The average Bonchev–Trinajstić information content (AvgIpc) is 2.97. The number of carbonyl (C=O) groups excluding carboxylic acids is 1. The second kappa shape index (κ2) is 6.87. The van der Waals surface area contributed by atoms with Gasteiger partial charge in [-0.1, -0.05) is 48.2 Å². The number of aromatic nitrogens is 2. The fourth-order valence-electron chi connectivity index (χ4n) is 2.46. The molecule has 0 saturated carbocycles. The minimum atomic E-state index is -0.0194. The molecule has 0 aliphatic carbocycles. The minimum absolute atomic E-state index is 0.0126. The fraction of sp³-hybridized carbons (Fsp3) is 0.222. The van der Waals surface area contributed by atoms with Crippen molar-refractivity contribution in [2.24, 2.45) is 7.05 Å². The zero-order valence-corrected chi connectivity index (χ0v) is 14.0. The van der Waals surface area contributed by atoms with Gasteiger partial charge in [0.2, 0.25) is 5.91 Å². The minimum Gasteiger partial charge on any atom is -0.349 e. The summed E-state index contributed by atoms with van der Waals surface area (Å²) in [5.74, 6) is 0.377. The molecule has 0 aliphatic rings. The zero-order chi connectivity index (χ0) is 16.2. The number of carbonyl (C=O) groups is 1. The van der Waals surface area contributed by atoms with E-state index in [-0.39, 0.29) is 11.9 Å². The quantitative estimate of drug-likeness (QED) is 0.730. The van der Waals surface area contributed by atoms with Crippen molar-refractivity contribution < 1.29 is 4.79 Å². The van der Waals surface area contributed by atoms with Crippen LogP contribution in [0.2, 0.25) is 0 Å². The van der Waals surface area contributed by atoms with E-state index in [1.165, 1.54) is 22.5 Å². The van der Waals surface area contributed by atoms with Crippen LogP contribution in [0.4, 0.5) is 0 Å². The first kappa shape index (κ1) is 15.6. The van der Waals surface area contributed by atoms with Crippen LogP contribution in [0.1, 0.15) is 18.5 Å². The SMILES string of the molecule is C[C@H](NC(=O)CSc1nccn1C)c1ccc2ccccc2c1. The summed E-state index contributed by atoms with van der Waals surface area (Å²) in [7, 11) is 1.92. The molecule has 23 heavy (non-hydrogen) atoms. The maximum absolute atomic E-state index is 12.1. The number of aryl methyl sites for hydroxylation is 1. The molecule has 1 heterocycles. The summed E-state index contributed by atoms with van der Waals surface area (Å²) < 4.78 is 1.91. The monoisotopic (exact) mass is 325 g/mol. The number of amides is 1. The lowest BCUT2D eigenvalue weighted by molar-refractivity contribution is -0.119. The zero-order valence-electron chi connectivity index (χ0n) is 13.2. The molecule has 1 amide bonds. The lowest BCUT2D eigenvalue weighted by Gasteiger charge is -2.15. The highest BCUT2D eigenvalue weighted by Gasteiger charge is 2.11. The van der Waals surface area contributed by atoms with Crippen LogP contribution < -0.4 is 5.32 Å². The largest absolute Gasteiger partial charge is 0.349 e. The van der Waals surface area contributed by atoms with Crippen molar-refractivity contribution in [3.05, 3.63) is 60.4 Å². The smallest absolute Gasteiger partial charge is 0.230 e. The van der Waals surface area contributed by atoms with Crippen LogP contribution in [-0.2, 0) is 11.8 Å². The molecule has 0 radical (unpaired) electrons. The van der Waals surface area contributed by atoms with Gasteiger partial charge in [-0.05, 0) is 29.3 Å². The Morgan fingerprint density at radius 2 is 2.04 bits per heavy atom. The van der Waals surface area contributed by atoms with Gasteiger partial charge in [0.25, 0.3) is 0 Å². The number of nitrogens with one attached hydrogen (secondary N) is 1. The highest BCUT2D eigenvalue weighted by atomic mass is 32.2. The summed E-state index contributed by atoms with van der Waals surface area (Å²) in [4.78, 5) is 16.3. The maximum atomic E-state index is 12.1. The van der Waals surface area contributed by atoms with Gasteiger partial charge in [0.15, 0.2) is 5.16 Å². The van der Waals surface area contributed by atoms with E-state index < -0.39 is 0 Å². The van der Waals surface area contributed by atoms with E-state index in [4.69, 9.17) is 0 Å². The van der Waals surface area contributed by atoms with Crippen molar-refractivity contribution in [1.29, 1.82) is 0 Å². The number of fused-ring (bicyclic) bond motifs is 1. The van der Waals surface area contributed by atoms with Crippen LogP contribution in [0.15, 0.2) is 60.0 Å². The molecule has 0 aliphatic heterocycles. The molecule has 0 bridgehead atoms. The molecular formula is C18H19N3OS. The van der Waals surface area contributed by atoms with Gasteiger partial charge in [-0.3, -0.25) is 4.79 Å². The van der Waals surface area contributed by atoms with E-state index in [1.54, 1.807) is 6.20 Å². The van der Waals surface area contributed by atoms with Crippen LogP contribution >= 0.6 is 11.8 Å². The summed E-state index contributed by atoms with van der Waals surface area (Å²) in [6.07, 6.45) is 3.61. The number of imidazole rings is 1. The van der Waals surface area contributed by atoms with E-state index in [1.807, 2.05) is 36.9 Å². The molecule has 0 saturated heterocycles. The van der Waals surface area contributed by atoms with Crippen LogP contribution in [0.25, 0.3) is 10.8 Å². The Morgan fingerprint density at radius 1 is 1.26 bits per heavy atom. The molecule has 0 fully saturated rings. The Labute approximate surface area is 139 Å². The lowest BCUT2D eigenvalue weighted by Crippen LogP contribution is -2.28. The Kier molecular flexibility index (Phi) is 4.67. The third kappa shape index (κ3) is 3.74. The summed E-state index contributed by atoms with van der Waals surface area (Å²) in [6.45, 7) is 2.01. The molecule has 3 aromatic rings. The van der Waals surface area contributed by atoms with Gasteiger partial charge >= 0.3 is 0 Å². The van der Waals surface area contributed by atoms with Gasteiger partial charge < -0.3 is 9.88 Å². The van der Waals surface area contributed by atoms with E-state index >= 15 is 0 Å². The van der Waals surface area contributed by atoms with Crippen molar-refractivity contribution in [1.82, 2.24) is 14.9 Å². The molecule has 1 aromatic heterocycles. The summed E-state index contributed by atoms with van der Waals surface area (Å²) in [6, 6.07) is 14.5. The molecule has 5 heteroatoms. The molecule has 1 N–H and O–H groups in total. The molecule has 2 aromatic carbocycles. The van der Waals surface area contributed by atoms with Crippen LogP contribution in [0.5, 0.6) is 0 Å². The van der Waals surface area contributed by atoms with Gasteiger partial charge in [-0.25, -0.2) is 4.98 Å². The predicted octanol–water partition coefficient (Wildman–Crippen LogP) is 3.54. The fourth-order valence-corrected chi connectivity index (χ4v) is 3.21. The van der Waals surface area contributed by atoms with Crippen molar-refractivity contribution in [2.75, 3.05) is 5.75 Å². The number of nitrogens with zero attached hydrogens (tertiary/aromatic N) is 2. The first-order valence-electron chi connectivity index (χ1n) is 7.51. The molecular weight excluding hydrogens is 306 g/mol. The van der Waals surface area contributed by atoms with Crippen LogP contribution in [0.3, 0.4) is 0 Å². The standard InChI is InChI=1S/C18H19N3OS/c1-13(15-8-7-14-5-3-4-6-16(14)11-15)20-17(22)12-23-18-19-9-10-21(18)2/h3-11,13H,12H2,1-2H3,(H,20,22)/t13-/m0/s1. The average molecular weight is 325 g/mol. The van der Waals surface area contributed by atoms with Crippen molar-refractivity contribution in [2.45, 2.75) is 18.1 Å². The topological polar surface area (TPSA) is 46.9 Å². The van der Waals surface area contributed by atoms with Gasteiger partial charge in [0, 0.05) is 19.4 Å². The highest BCUT2D eigenvalue weighted by Crippen LogP contribution is 2.21. The third-order valence-electron chi connectivity index (χ3n) is 3.76. The normalized spacial score (nSPS) is 12.3. The summed E-state index contributed by atoms with van der Waals surface area (Å²) in [5, 5.41) is 6.29. The Morgan fingerprint density at radius 3 is 2.78 bits per heavy atom. The van der Waals surface area contributed by atoms with E-state index in [9.17, 15) is 4.79 Å². The maximum Gasteiger partial charge on any atom is 0.230 e. The number of hydrogen-bond acceptors (Lipinski definition) is 3. The molecule has 4 nitrogen and oxygen atoms in total. The lowest BCUT2D eigenvalue weighted by atomic mass is 10.0. The van der Waals surface area contributed by atoms with Gasteiger partial charge in [-0.15, -0.1) is 0 Å². The predicted molar refractivity (Wildman–Crippen MR) is 94.4 cm³/mol. The first-order valence-corrected chi connectivity index (χ1v) is 8.50. The Balaban J connectivity index is 1.62. The van der Waals surface area contributed by atoms with E-state index in [0.717, 1.165) is 10.7 Å². The second-order valence-electron chi connectivity index (χ2n) is 5.51. The van der Waals surface area contributed by atoms with Crippen LogP contribution in [0, 0.1) is 0 Å². The molecule has 3 rings (SSSR count). The molecule has 1 atom stereocenters. The molecule has 0 spiro atoms. The first-order chi connectivity index (χ1) is 11.1. The highest BCUT2D eigenvalue weighted by molar-refractivity contribution is 7.99. The molecule has 0 unspecified atom stereocenters. The Hall–Kier alpha value is -2.27. The number of hydrogen-bond donors (Lipinski definition) is 1. The van der Waals surface area contributed by atoms with Gasteiger partial charge in [0.1, 0.15) is 0 Å². The Bertz CT molecular complexity index is 828. The van der Waals surface area contributed by atoms with Gasteiger partial charge in [-0.2, -0.15) is 0 Å². The van der Waals surface area contributed by atoms with E-state index in [2.05, 4.69) is 40.6 Å². The van der Waals surface area contributed by atoms with Crippen molar-refractivity contribution >= 4 is 28.4 Å². The van der Waals surface area contributed by atoms with Crippen LogP contribution in [-0.4, -0.2) is 21.2 Å².